The van der Waals surface area contributed by atoms with Crippen molar-refractivity contribution in [3.63, 3.8) is 0 Å². The number of nitrogens with zero attached hydrogens (tertiary/aromatic N) is 2. The van der Waals surface area contributed by atoms with E-state index in [4.69, 9.17) is 11.1 Å². The van der Waals surface area contributed by atoms with Crippen molar-refractivity contribution >= 4 is 21.8 Å². The minimum Gasteiger partial charge on any atom is -0.384 e. The summed E-state index contributed by atoms with van der Waals surface area (Å²) in [5, 5.41) is 12.0. The Hall–Kier alpha value is -1.62. The van der Waals surface area contributed by atoms with E-state index in [0.29, 0.717) is 11.5 Å². The molecule has 1 heterocycles. The first-order valence-corrected chi connectivity index (χ1v) is 6.64. The van der Waals surface area contributed by atoms with Crippen LogP contribution in [-0.2, 0) is 0 Å². The van der Waals surface area contributed by atoms with Crippen molar-refractivity contribution in [2.45, 2.75) is 18.8 Å². The summed E-state index contributed by atoms with van der Waals surface area (Å²) in [6.45, 7) is 0. The van der Waals surface area contributed by atoms with Crippen molar-refractivity contribution < 1.29 is 0 Å². The number of benzene rings is 1. The summed E-state index contributed by atoms with van der Waals surface area (Å²) in [7, 11) is 0. The van der Waals surface area contributed by atoms with Crippen LogP contribution in [0.15, 0.2) is 34.9 Å². The molecule has 1 aromatic carbocycles. The van der Waals surface area contributed by atoms with Gasteiger partial charge in [-0.1, -0.05) is 0 Å². The molecule has 3 N–H and O–H groups in total. The highest BCUT2D eigenvalue weighted by Gasteiger charge is 2.25. The van der Waals surface area contributed by atoms with E-state index in [9.17, 15) is 0 Å². The number of rotatable bonds is 3. The third-order valence-electron chi connectivity index (χ3n) is 3.11. The average Bonchev–Trinajstić information content (AvgIpc) is 3.06. The Morgan fingerprint density at radius 2 is 2.17 bits per heavy atom. The summed E-state index contributed by atoms with van der Waals surface area (Å²) < 4.78 is 2.68. The summed E-state index contributed by atoms with van der Waals surface area (Å²) in [6, 6.07) is 7.76. The van der Waals surface area contributed by atoms with Crippen LogP contribution >= 0.6 is 15.9 Å². The zero-order valence-corrected chi connectivity index (χ0v) is 11.3. The topological polar surface area (TPSA) is 67.7 Å². The molecule has 0 amide bonds. The fourth-order valence-corrected chi connectivity index (χ4v) is 2.52. The molecule has 0 radical (unpaired) electrons. The molecule has 0 bridgehead atoms. The van der Waals surface area contributed by atoms with Crippen LogP contribution in [-0.4, -0.2) is 15.6 Å². The molecule has 1 fully saturated rings. The third-order valence-corrected chi connectivity index (χ3v) is 3.77. The summed E-state index contributed by atoms with van der Waals surface area (Å²) >= 11 is 3.43. The van der Waals surface area contributed by atoms with Gasteiger partial charge in [0, 0.05) is 22.2 Å². The van der Waals surface area contributed by atoms with Gasteiger partial charge < -0.3 is 5.73 Å². The number of nitrogen functional groups attached to an aromatic ring is 1. The minimum atomic E-state index is 0.0626. The molecular formula is C13H13BrN4. The van der Waals surface area contributed by atoms with E-state index in [2.05, 4.69) is 27.1 Å². The second kappa shape index (κ2) is 4.24. The Bertz CT molecular complexity index is 613. The van der Waals surface area contributed by atoms with Crippen LogP contribution in [0.2, 0.25) is 0 Å². The maximum atomic E-state index is 7.45. The zero-order chi connectivity index (χ0) is 12.7. The van der Waals surface area contributed by atoms with Gasteiger partial charge in [0.2, 0.25) is 0 Å². The highest BCUT2D eigenvalue weighted by atomic mass is 79.9. The van der Waals surface area contributed by atoms with Crippen LogP contribution in [0.25, 0.3) is 5.69 Å². The first kappa shape index (κ1) is 11.5. The number of hydrogen-bond acceptors (Lipinski definition) is 2. The van der Waals surface area contributed by atoms with Crippen molar-refractivity contribution in [2.75, 3.05) is 0 Å². The van der Waals surface area contributed by atoms with Crippen LogP contribution in [0.5, 0.6) is 0 Å². The fraction of sp³-hybridized carbons (Fsp3) is 0.231. The summed E-state index contributed by atoms with van der Waals surface area (Å²) in [5.41, 5.74) is 8.33. The van der Waals surface area contributed by atoms with E-state index in [-0.39, 0.29) is 5.84 Å². The predicted octanol–water partition coefficient (Wildman–Crippen LogP) is 2.80. The van der Waals surface area contributed by atoms with Gasteiger partial charge >= 0.3 is 0 Å². The number of hydrogen-bond donors (Lipinski definition) is 2. The minimum absolute atomic E-state index is 0.0626. The van der Waals surface area contributed by atoms with E-state index < -0.39 is 0 Å². The van der Waals surface area contributed by atoms with Crippen LogP contribution in [0, 0.1) is 5.41 Å². The fourth-order valence-electron chi connectivity index (χ4n) is 1.94. The second-order valence-corrected chi connectivity index (χ2v) is 5.39. The lowest BCUT2D eigenvalue weighted by Gasteiger charge is -2.06. The Labute approximate surface area is 113 Å². The Balaban J connectivity index is 1.95. The normalized spacial score (nSPS) is 14.7. The monoisotopic (exact) mass is 304 g/mol. The van der Waals surface area contributed by atoms with Crippen molar-refractivity contribution in [2.24, 2.45) is 5.73 Å². The van der Waals surface area contributed by atoms with Gasteiger partial charge in [0.15, 0.2) is 0 Å². The van der Waals surface area contributed by atoms with E-state index in [0.717, 1.165) is 10.2 Å². The maximum Gasteiger partial charge on any atom is 0.123 e. The Morgan fingerprint density at radius 1 is 1.39 bits per heavy atom. The summed E-state index contributed by atoms with van der Waals surface area (Å²) in [6.07, 6.45) is 4.48. The smallest absolute Gasteiger partial charge is 0.123 e. The molecule has 0 unspecified atom stereocenters. The predicted molar refractivity (Wildman–Crippen MR) is 74.3 cm³/mol. The van der Waals surface area contributed by atoms with Gasteiger partial charge in [-0.25, -0.2) is 4.68 Å². The second-order valence-electron chi connectivity index (χ2n) is 4.54. The van der Waals surface area contributed by atoms with E-state index >= 15 is 0 Å². The molecule has 4 nitrogen and oxygen atoms in total. The van der Waals surface area contributed by atoms with Crippen molar-refractivity contribution in [3.05, 3.63) is 46.2 Å². The van der Waals surface area contributed by atoms with Crippen LogP contribution in [0.3, 0.4) is 0 Å². The van der Waals surface area contributed by atoms with Crippen LogP contribution in [0.4, 0.5) is 0 Å². The standard InChI is InChI=1S/C13H13BrN4/c14-11-7-9(3-4-10(11)13(15)16)18-6-5-12(17-18)8-1-2-8/h3-8H,1-2H2,(H3,15,16). The maximum absolute atomic E-state index is 7.45. The molecule has 0 spiro atoms. The highest BCUT2D eigenvalue weighted by molar-refractivity contribution is 9.10. The third kappa shape index (κ3) is 2.06. The van der Waals surface area contributed by atoms with E-state index in [1.54, 1.807) is 0 Å². The van der Waals surface area contributed by atoms with Gasteiger partial charge in [0.05, 0.1) is 11.4 Å². The quantitative estimate of drug-likeness (QED) is 0.676. The molecule has 1 aromatic heterocycles. The molecular weight excluding hydrogens is 292 g/mol. The molecule has 1 saturated carbocycles. The molecule has 92 valence electrons. The molecule has 5 heteroatoms. The lowest BCUT2D eigenvalue weighted by atomic mass is 10.2. The number of halogens is 1. The zero-order valence-electron chi connectivity index (χ0n) is 9.73. The van der Waals surface area contributed by atoms with Gasteiger partial charge in [-0.15, -0.1) is 0 Å². The molecule has 18 heavy (non-hydrogen) atoms. The first-order chi connectivity index (χ1) is 8.65. The van der Waals surface area contributed by atoms with Gasteiger partial charge in [0.1, 0.15) is 5.84 Å². The highest BCUT2D eigenvalue weighted by Crippen LogP contribution is 2.39. The SMILES string of the molecule is N=C(N)c1ccc(-n2ccc(C3CC3)n2)cc1Br. The Kier molecular flexibility index (Phi) is 2.70. The average molecular weight is 305 g/mol. The summed E-state index contributed by atoms with van der Waals surface area (Å²) in [5.74, 6) is 0.721. The molecule has 0 atom stereocenters. The van der Waals surface area contributed by atoms with Gasteiger partial charge in [-0.05, 0) is 53.0 Å². The lowest BCUT2D eigenvalue weighted by Crippen LogP contribution is -2.12. The van der Waals surface area contributed by atoms with Gasteiger partial charge in [-0.2, -0.15) is 5.10 Å². The van der Waals surface area contributed by atoms with Crippen molar-refractivity contribution in [1.82, 2.24) is 9.78 Å². The lowest BCUT2D eigenvalue weighted by molar-refractivity contribution is 0.837. The summed E-state index contributed by atoms with van der Waals surface area (Å²) in [4.78, 5) is 0. The number of nitrogens with two attached hydrogens (primary N) is 1. The van der Waals surface area contributed by atoms with E-state index in [1.165, 1.54) is 18.5 Å². The molecule has 0 aliphatic heterocycles. The molecule has 1 aliphatic carbocycles. The molecule has 1 aliphatic rings. The van der Waals surface area contributed by atoms with Gasteiger partial charge in [0.25, 0.3) is 0 Å². The Morgan fingerprint density at radius 3 is 2.78 bits per heavy atom. The largest absolute Gasteiger partial charge is 0.384 e. The van der Waals surface area contributed by atoms with Crippen molar-refractivity contribution in [3.8, 4) is 5.69 Å². The molecule has 3 rings (SSSR count). The first-order valence-electron chi connectivity index (χ1n) is 5.85. The van der Waals surface area contributed by atoms with Crippen LogP contribution < -0.4 is 5.73 Å². The van der Waals surface area contributed by atoms with Gasteiger partial charge in [-0.3, -0.25) is 5.41 Å². The van der Waals surface area contributed by atoms with Crippen molar-refractivity contribution in [1.29, 1.82) is 5.41 Å². The van der Waals surface area contributed by atoms with Crippen LogP contribution in [0.1, 0.15) is 30.0 Å². The molecule has 0 saturated heterocycles. The number of nitrogens with one attached hydrogen (secondary N) is 1. The molecule has 2 aromatic rings. The van der Waals surface area contributed by atoms with E-state index in [1.807, 2.05) is 29.1 Å². The number of aromatic nitrogens is 2. The number of amidine groups is 1.